The van der Waals surface area contributed by atoms with E-state index in [4.69, 9.17) is 4.42 Å². The van der Waals surface area contributed by atoms with Crippen LogP contribution in [0.2, 0.25) is 0 Å². The van der Waals surface area contributed by atoms with E-state index in [9.17, 15) is 0 Å². The van der Waals surface area contributed by atoms with Crippen LogP contribution in [0.3, 0.4) is 0 Å². The molecule has 1 atom stereocenters. The molecule has 1 unspecified atom stereocenters. The number of aryl methyl sites for hydroxylation is 1. The summed E-state index contributed by atoms with van der Waals surface area (Å²) in [7, 11) is 1.82. The molecule has 0 amide bonds. The SMILES string of the molecule is CN=C(NCCCc1nc2ccccc2[nH]1)NCC(c1ccco1)N1CCCCC1. The molecule has 1 saturated heterocycles. The first-order valence-electron chi connectivity index (χ1n) is 11.0. The lowest BCUT2D eigenvalue weighted by molar-refractivity contribution is 0.146. The molecular formula is C23H32N6O. The normalized spacial score (nSPS) is 16.6. The van der Waals surface area contributed by atoms with E-state index in [0.717, 1.165) is 67.6 Å². The predicted molar refractivity (Wildman–Crippen MR) is 121 cm³/mol. The number of benzene rings is 1. The number of hydrogen-bond acceptors (Lipinski definition) is 4. The van der Waals surface area contributed by atoms with E-state index >= 15 is 0 Å². The summed E-state index contributed by atoms with van der Waals surface area (Å²) in [5, 5.41) is 6.91. The summed E-state index contributed by atoms with van der Waals surface area (Å²) >= 11 is 0. The number of imidazole rings is 1. The molecule has 1 aliphatic heterocycles. The van der Waals surface area contributed by atoms with Crippen LogP contribution in [0.5, 0.6) is 0 Å². The number of aromatic nitrogens is 2. The van der Waals surface area contributed by atoms with Crippen molar-refractivity contribution in [3.63, 3.8) is 0 Å². The monoisotopic (exact) mass is 408 g/mol. The van der Waals surface area contributed by atoms with E-state index in [1.807, 2.05) is 31.3 Å². The standard InChI is InChI=1S/C23H32N6O/c1-24-23(25-13-7-12-22-27-18-9-3-4-10-19(18)28-22)26-17-20(21-11-8-16-30-21)29-14-5-2-6-15-29/h3-4,8-11,16,20H,2,5-7,12-15,17H2,1H3,(H,27,28)(H2,24,25,26). The Kier molecular flexibility index (Phi) is 7.03. The minimum atomic E-state index is 0.231. The second-order valence-corrected chi connectivity index (χ2v) is 7.81. The van der Waals surface area contributed by atoms with Gasteiger partial charge in [0.15, 0.2) is 5.96 Å². The number of nitrogens with zero attached hydrogens (tertiary/aromatic N) is 3. The van der Waals surface area contributed by atoms with Crippen molar-refractivity contribution in [1.82, 2.24) is 25.5 Å². The first-order valence-corrected chi connectivity index (χ1v) is 11.0. The highest BCUT2D eigenvalue weighted by atomic mass is 16.3. The van der Waals surface area contributed by atoms with Crippen molar-refractivity contribution in [2.45, 2.75) is 38.1 Å². The fraction of sp³-hybridized carbons (Fsp3) is 0.478. The maximum atomic E-state index is 5.73. The fourth-order valence-corrected chi connectivity index (χ4v) is 4.12. The largest absolute Gasteiger partial charge is 0.468 e. The Labute approximate surface area is 178 Å². The lowest BCUT2D eigenvalue weighted by Gasteiger charge is -2.33. The first kappa shape index (κ1) is 20.5. The average molecular weight is 409 g/mol. The molecule has 0 saturated carbocycles. The maximum absolute atomic E-state index is 5.73. The Bertz CT molecular complexity index is 893. The highest BCUT2D eigenvalue weighted by Crippen LogP contribution is 2.24. The quantitative estimate of drug-likeness (QED) is 0.302. The van der Waals surface area contributed by atoms with Gasteiger partial charge in [-0.1, -0.05) is 18.6 Å². The first-order chi connectivity index (χ1) is 14.8. The zero-order valence-corrected chi connectivity index (χ0v) is 17.7. The molecule has 160 valence electrons. The molecule has 7 heteroatoms. The molecule has 30 heavy (non-hydrogen) atoms. The molecule has 3 heterocycles. The third-order valence-electron chi connectivity index (χ3n) is 5.71. The van der Waals surface area contributed by atoms with Crippen LogP contribution >= 0.6 is 0 Å². The molecule has 0 spiro atoms. The summed E-state index contributed by atoms with van der Waals surface area (Å²) in [5.74, 6) is 2.88. The van der Waals surface area contributed by atoms with Crippen LogP contribution in [0.25, 0.3) is 11.0 Å². The highest BCUT2D eigenvalue weighted by Gasteiger charge is 2.24. The molecular weight excluding hydrogens is 376 g/mol. The number of likely N-dealkylation sites (tertiary alicyclic amines) is 1. The summed E-state index contributed by atoms with van der Waals surface area (Å²) in [4.78, 5) is 14.9. The molecule has 2 aromatic heterocycles. The van der Waals surface area contributed by atoms with Crippen LogP contribution in [0.15, 0.2) is 52.1 Å². The Morgan fingerprint density at radius 3 is 2.80 bits per heavy atom. The number of aromatic amines is 1. The number of rotatable bonds is 8. The van der Waals surface area contributed by atoms with Gasteiger partial charge in [-0.3, -0.25) is 9.89 Å². The Morgan fingerprint density at radius 2 is 2.03 bits per heavy atom. The van der Waals surface area contributed by atoms with Crippen molar-refractivity contribution >= 4 is 17.0 Å². The lowest BCUT2D eigenvalue weighted by atomic mass is 10.1. The van der Waals surface area contributed by atoms with Crippen LogP contribution in [0, 0.1) is 0 Å². The second kappa shape index (κ2) is 10.3. The molecule has 1 aromatic carbocycles. The second-order valence-electron chi connectivity index (χ2n) is 7.81. The molecule has 3 N–H and O–H groups in total. The van der Waals surface area contributed by atoms with Gasteiger partial charge >= 0.3 is 0 Å². The molecule has 3 aromatic rings. The van der Waals surface area contributed by atoms with E-state index in [-0.39, 0.29) is 6.04 Å². The van der Waals surface area contributed by atoms with Crippen LogP contribution in [0.4, 0.5) is 0 Å². The van der Waals surface area contributed by atoms with E-state index in [1.165, 1.54) is 19.3 Å². The fourth-order valence-electron chi connectivity index (χ4n) is 4.12. The molecule has 0 aliphatic carbocycles. The van der Waals surface area contributed by atoms with Crippen molar-refractivity contribution in [3.8, 4) is 0 Å². The zero-order chi connectivity index (χ0) is 20.6. The van der Waals surface area contributed by atoms with Crippen LogP contribution in [-0.2, 0) is 6.42 Å². The predicted octanol–water partition coefficient (Wildman–Crippen LogP) is 3.48. The lowest BCUT2D eigenvalue weighted by Crippen LogP contribution is -2.44. The third kappa shape index (κ3) is 5.21. The number of hydrogen-bond donors (Lipinski definition) is 3. The van der Waals surface area contributed by atoms with E-state index in [2.05, 4.69) is 42.6 Å². The minimum Gasteiger partial charge on any atom is -0.468 e. The number of piperidine rings is 1. The van der Waals surface area contributed by atoms with Gasteiger partial charge in [0.2, 0.25) is 0 Å². The van der Waals surface area contributed by atoms with Gasteiger partial charge in [-0.25, -0.2) is 4.98 Å². The van der Waals surface area contributed by atoms with Gasteiger partial charge in [0.1, 0.15) is 11.6 Å². The Hall–Kier alpha value is -2.80. The number of fused-ring (bicyclic) bond motifs is 1. The zero-order valence-electron chi connectivity index (χ0n) is 17.7. The van der Waals surface area contributed by atoms with E-state index < -0.39 is 0 Å². The summed E-state index contributed by atoms with van der Waals surface area (Å²) in [6.45, 7) is 3.86. The van der Waals surface area contributed by atoms with E-state index in [1.54, 1.807) is 6.26 Å². The summed E-state index contributed by atoms with van der Waals surface area (Å²) in [6.07, 6.45) is 7.48. The minimum absolute atomic E-state index is 0.231. The van der Waals surface area contributed by atoms with Crippen molar-refractivity contribution in [2.75, 3.05) is 33.2 Å². The van der Waals surface area contributed by atoms with Gasteiger partial charge < -0.3 is 20.0 Å². The molecule has 7 nitrogen and oxygen atoms in total. The molecule has 1 fully saturated rings. The molecule has 4 rings (SSSR count). The Balaban J connectivity index is 1.25. The average Bonchev–Trinajstić information content (AvgIpc) is 3.46. The van der Waals surface area contributed by atoms with Crippen molar-refractivity contribution < 1.29 is 4.42 Å². The summed E-state index contributed by atoms with van der Waals surface area (Å²) < 4.78 is 5.73. The summed E-state index contributed by atoms with van der Waals surface area (Å²) in [5.41, 5.74) is 2.12. The van der Waals surface area contributed by atoms with Gasteiger partial charge in [-0.05, 0) is 56.6 Å². The van der Waals surface area contributed by atoms with E-state index in [0.29, 0.717) is 0 Å². The molecule has 1 aliphatic rings. The van der Waals surface area contributed by atoms with Crippen molar-refractivity contribution in [2.24, 2.45) is 4.99 Å². The number of furan rings is 1. The topological polar surface area (TPSA) is 81.5 Å². The third-order valence-corrected chi connectivity index (χ3v) is 5.71. The van der Waals surface area contributed by atoms with Gasteiger partial charge in [0, 0.05) is 26.6 Å². The Morgan fingerprint density at radius 1 is 1.17 bits per heavy atom. The maximum Gasteiger partial charge on any atom is 0.191 e. The number of para-hydroxylation sites is 2. The van der Waals surface area contributed by atoms with Gasteiger partial charge in [-0.2, -0.15) is 0 Å². The smallest absolute Gasteiger partial charge is 0.191 e. The van der Waals surface area contributed by atoms with Crippen LogP contribution in [0.1, 0.15) is 43.3 Å². The number of aliphatic imine (C=N–C) groups is 1. The van der Waals surface area contributed by atoms with Crippen molar-refractivity contribution in [3.05, 3.63) is 54.2 Å². The van der Waals surface area contributed by atoms with Crippen molar-refractivity contribution in [1.29, 1.82) is 0 Å². The van der Waals surface area contributed by atoms with Crippen LogP contribution in [-0.4, -0.2) is 54.1 Å². The van der Waals surface area contributed by atoms with Crippen LogP contribution < -0.4 is 10.6 Å². The number of H-pyrrole nitrogens is 1. The summed E-state index contributed by atoms with van der Waals surface area (Å²) in [6, 6.07) is 12.4. The molecule has 0 radical (unpaired) electrons. The number of guanidine groups is 1. The van der Waals surface area contributed by atoms with Gasteiger partial charge in [-0.15, -0.1) is 0 Å². The highest BCUT2D eigenvalue weighted by molar-refractivity contribution is 5.79. The van der Waals surface area contributed by atoms with Gasteiger partial charge in [0.25, 0.3) is 0 Å². The molecule has 0 bridgehead atoms. The number of nitrogens with one attached hydrogen (secondary N) is 3. The van der Waals surface area contributed by atoms with Gasteiger partial charge in [0.05, 0.1) is 23.3 Å².